The van der Waals surface area contributed by atoms with Crippen molar-refractivity contribution in [2.75, 3.05) is 27.2 Å². The molecule has 2 N–H and O–H groups in total. The van der Waals surface area contributed by atoms with E-state index in [0.29, 0.717) is 12.3 Å². The molecule has 78 valence electrons. The van der Waals surface area contributed by atoms with Crippen LogP contribution in [-0.2, 0) is 4.79 Å². The number of quaternary nitrogens is 1. The molecule has 0 fully saturated rings. The summed E-state index contributed by atoms with van der Waals surface area (Å²) >= 11 is 0. The minimum Gasteiger partial charge on any atom is -0.356 e. The predicted octanol–water partition coefficient (Wildman–Crippen LogP) is -0.317. The molecule has 0 saturated carbocycles. The zero-order chi connectivity index (χ0) is 10.3. The van der Waals surface area contributed by atoms with Crippen molar-refractivity contribution in [2.45, 2.75) is 26.7 Å². The lowest BCUT2D eigenvalue weighted by molar-refractivity contribution is -0.858. The van der Waals surface area contributed by atoms with E-state index >= 15 is 0 Å². The highest BCUT2D eigenvalue weighted by atomic mass is 16.1. The van der Waals surface area contributed by atoms with E-state index in [1.54, 1.807) is 0 Å². The second-order valence-corrected chi connectivity index (χ2v) is 4.26. The van der Waals surface area contributed by atoms with Crippen LogP contribution < -0.4 is 10.2 Å². The minimum atomic E-state index is 0.184. The fourth-order valence-corrected chi connectivity index (χ4v) is 1.11. The normalized spacial score (nSPS) is 10.9. The summed E-state index contributed by atoms with van der Waals surface area (Å²) in [6, 6.07) is 0. The van der Waals surface area contributed by atoms with Gasteiger partial charge in [0.1, 0.15) is 0 Å². The van der Waals surface area contributed by atoms with Crippen molar-refractivity contribution >= 4 is 5.91 Å². The average Bonchev–Trinajstić information content (AvgIpc) is 1.96. The number of hydrogen-bond donors (Lipinski definition) is 2. The van der Waals surface area contributed by atoms with Gasteiger partial charge >= 0.3 is 0 Å². The third kappa shape index (κ3) is 9.34. The van der Waals surface area contributed by atoms with Crippen LogP contribution in [0, 0.1) is 5.92 Å². The van der Waals surface area contributed by atoms with Crippen LogP contribution in [-0.4, -0.2) is 33.1 Å². The number of carbonyl (C=O) groups is 1. The van der Waals surface area contributed by atoms with Gasteiger partial charge in [0.15, 0.2) is 0 Å². The maximum atomic E-state index is 11.2. The van der Waals surface area contributed by atoms with E-state index in [1.165, 1.54) is 4.90 Å². The van der Waals surface area contributed by atoms with Crippen LogP contribution in [0.2, 0.25) is 0 Å². The molecule has 0 unspecified atom stereocenters. The maximum Gasteiger partial charge on any atom is 0.220 e. The van der Waals surface area contributed by atoms with Crippen molar-refractivity contribution in [2.24, 2.45) is 5.92 Å². The third-order valence-corrected chi connectivity index (χ3v) is 1.77. The molecule has 3 heteroatoms. The topological polar surface area (TPSA) is 33.5 Å². The molecule has 0 aliphatic heterocycles. The van der Waals surface area contributed by atoms with Crippen LogP contribution in [0.25, 0.3) is 0 Å². The number of hydrogen-bond acceptors (Lipinski definition) is 1. The van der Waals surface area contributed by atoms with Crippen LogP contribution in [0.15, 0.2) is 0 Å². The van der Waals surface area contributed by atoms with Gasteiger partial charge in [-0.1, -0.05) is 13.8 Å². The quantitative estimate of drug-likeness (QED) is 0.549. The van der Waals surface area contributed by atoms with Crippen molar-refractivity contribution in [1.82, 2.24) is 5.32 Å². The first kappa shape index (κ1) is 12.4. The molecule has 0 atom stereocenters. The Morgan fingerprint density at radius 2 is 2.00 bits per heavy atom. The third-order valence-electron chi connectivity index (χ3n) is 1.77. The van der Waals surface area contributed by atoms with Gasteiger partial charge in [0.25, 0.3) is 0 Å². The predicted molar refractivity (Wildman–Crippen MR) is 54.8 cm³/mol. The summed E-state index contributed by atoms with van der Waals surface area (Å²) < 4.78 is 0. The van der Waals surface area contributed by atoms with Crippen LogP contribution in [0.3, 0.4) is 0 Å². The van der Waals surface area contributed by atoms with Gasteiger partial charge in [0.05, 0.1) is 20.6 Å². The standard InChI is InChI=1S/C10H22N2O/c1-9(2)8-10(13)11-6-5-7-12(3)4/h9H,5-8H2,1-4H3,(H,11,13)/p+1. The first-order chi connectivity index (χ1) is 6.02. The lowest BCUT2D eigenvalue weighted by atomic mass is 10.1. The summed E-state index contributed by atoms with van der Waals surface area (Å²) in [5.41, 5.74) is 0. The smallest absolute Gasteiger partial charge is 0.220 e. The molecule has 0 aromatic rings. The Hall–Kier alpha value is -0.570. The van der Waals surface area contributed by atoms with Gasteiger partial charge in [-0.05, 0) is 5.92 Å². The lowest BCUT2D eigenvalue weighted by Crippen LogP contribution is -3.05. The fourth-order valence-electron chi connectivity index (χ4n) is 1.11. The molecular weight excluding hydrogens is 164 g/mol. The van der Waals surface area contributed by atoms with Gasteiger partial charge < -0.3 is 10.2 Å². The summed E-state index contributed by atoms with van der Waals surface area (Å²) in [5.74, 6) is 0.642. The van der Waals surface area contributed by atoms with E-state index in [4.69, 9.17) is 0 Å². The second-order valence-electron chi connectivity index (χ2n) is 4.26. The van der Waals surface area contributed by atoms with Gasteiger partial charge in [-0.2, -0.15) is 0 Å². The zero-order valence-electron chi connectivity index (χ0n) is 9.31. The first-order valence-corrected chi connectivity index (χ1v) is 5.08. The molecule has 0 radical (unpaired) electrons. The first-order valence-electron chi connectivity index (χ1n) is 5.08. The molecule has 0 heterocycles. The molecule has 0 aliphatic carbocycles. The van der Waals surface area contributed by atoms with E-state index in [-0.39, 0.29) is 5.91 Å². The monoisotopic (exact) mass is 187 g/mol. The maximum absolute atomic E-state index is 11.2. The molecule has 0 spiro atoms. The van der Waals surface area contributed by atoms with Crippen LogP contribution in [0.4, 0.5) is 0 Å². The zero-order valence-corrected chi connectivity index (χ0v) is 9.31. The van der Waals surface area contributed by atoms with E-state index < -0.39 is 0 Å². The van der Waals surface area contributed by atoms with E-state index in [9.17, 15) is 4.79 Å². The minimum absolute atomic E-state index is 0.184. The average molecular weight is 187 g/mol. The van der Waals surface area contributed by atoms with Crippen LogP contribution in [0.1, 0.15) is 26.7 Å². The van der Waals surface area contributed by atoms with Crippen molar-refractivity contribution in [1.29, 1.82) is 0 Å². The Bertz CT molecular complexity index is 144. The molecule has 0 bridgehead atoms. The van der Waals surface area contributed by atoms with Crippen molar-refractivity contribution < 1.29 is 9.69 Å². The fraction of sp³-hybridized carbons (Fsp3) is 0.900. The SMILES string of the molecule is CC(C)CC(=O)NCCC[NH+](C)C. The summed E-state index contributed by atoms with van der Waals surface area (Å²) in [5, 5.41) is 2.92. The number of rotatable bonds is 6. The summed E-state index contributed by atoms with van der Waals surface area (Å²) in [6.07, 6.45) is 1.71. The van der Waals surface area contributed by atoms with E-state index in [2.05, 4.69) is 33.3 Å². The van der Waals surface area contributed by atoms with Gasteiger partial charge in [-0.15, -0.1) is 0 Å². The molecule has 0 saturated heterocycles. The highest BCUT2D eigenvalue weighted by molar-refractivity contribution is 5.75. The summed E-state index contributed by atoms with van der Waals surface area (Å²) in [4.78, 5) is 12.6. The summed E-state index contributed by atoms with van der Waals surface area (Å²) in [7, 11) is 4.24. The number of amides is 1. The molecule has 1 amide bonds. The van der Waals surface area contributed by atoms with Gasteiger partial charge in [0.2, 0.25) is 5.91 Å². The Labute approximate surface area is 81.5 Å². The molecule has 0 rings (SSSR count). The Morgan fingerprint density at radius 1 is 1.38 bits per heavy atom. The van der Waals surface area contributed by atoms with Crippen LogP contribution >= 0.6 is 0 Å². The Morgan fingerprint density at radius 3 is 2.46 bits per heavy atom. The van der Waals surface area contributed by atoms with Gasteiger partial charge in [-0.3, -0.25) is 4.79 Å². The van der Waals surface area contributed by atoms with E-state index in [1.807, 2.05) is 0 Å². The van der Waals surface area contributed by atoms with Gasteiger partial charge in [0, 0.05) is 19.4 Å². The van der Waals surface area contributed by atoms with Crippen molar-refractivity contribution in [3.05, 3.63) is 0 Å². The number of carbonyl (C=O) groups excluding carboxylic acids is 1. The molecule has 0 aromatic carbocycles. The Kier molecular flexibility index (Phi) is 6.59. The van der Waals surface area contributed by atoms with Crippen LogP contribution in [0.5, 0.6) is 0 Å². The molecule has 0 aromatic heterocycles. The Balaban J connectivity index is 3.27. The lowest BCUT2D eigenvalue weighted by Gasteiger charge is -2.08. The largest absolute Gasteiger partial charge is 0.356 e. The molecule has 3 nitrogen and oxygen atoms in total. The number of nitrogens with one attached hydrogen (secondary N) is 2. The molecular formula is C10H23N2O+. The molecule has 13 heavy (non-hydrogen) atoms. The highest BCUT2D eigenvalue weighted by Gasteiger charge is 2.03. The van der Waals surface area contributed by atoms with Crippen molar-refractivity contribution in [3.63, 3.8) is 0 Å². The highest BCUT2D eigenvalue weighted by Crippen LogP contribution is 1.97. The van der Waals surface area contributed by atoms with E-state index in [0.717, 1.165) is 19.5 Å². The second kappa shape index (κ2) is 6.89. The summed E-state index contributed by atoms with van der Waals surface area (Å²) in [6.45, 7) is 6.05. The molecule has 0 aliphatic rings. The van der Waals surface area contributed by atoms with Gasteiger partial charge in [-0.25, -0.2) is 0 Å². The van der Waals surface area contributed by atoms with Crippen molar-refractivity contribution in [3.8, 4) is 0 Å².